The van der Waals surface area contributed by atoms with E-state index in [1.807, 2.05) is 6.92 Å². The van der Waals surface area contributed by atoms with Crippen molar-refractivity contribution < 1.29 is 9.84 Å². The van der Waals surface area contributed by atoms with E-state index in [0.29, 0.717) is 17.8 Å². The van der Waals surface area contributed by atoms with Crippen LogP contribution in [-0.4, -0.2) is 16.8 Å². The monoisotopic (exact) mass is 224 g/mol. The van der Waals surface area contributed by atoms with E-state index >= 15 is 0 Å². The molecule has 1 atom stereocenters. The van der Waals surface area contributed by atoms with Crippen molar-refractivity contribution in [2.75, 3.05) is 0 Å². The highest BCUT2D eigenvalue weighted by atomic mass is 16.5. The summed E-state index contributed by atoms with van der Waals surface area (Å²) in [5.41, 5.74) is -0.820. The molecule has 0 saturated heterocycles. The highest BCUT2D eigenvalue weighted by molar-refractivity contribution is 5.07. The van der Waals surface area contributed by atoms with E-state index in [0.717, 1.165) is 25.7 Å². The Morgan fingerprint density at radius 3 is 2.19 bits per heavy atom. The van der Waals surface area contributed by atoms with Crippen LogP contribution >= 0.6 is 0 Å². The van der Waals surface area contributed by atoms with Gasteiger partial charge in [0.15, 0.2) is 0 Å². The third-order valence-corrected chi connectivity index (χ3v) is 4.33. The predicted octanol–water partition coefficient (Wildman–Crippen LogP) is 3.40. The Balaban J connectivity index is 1.90. The Morgan fingerprint density at radius 2 is 1.62 bits per heavy atom. The second-order valence-electron chi connectivity index (χ2n) is 5.58. The minimum atomic E-state index is -0.820. The van der Waals surface area contributed by atoms with Crippen molar-refractivity contribution in [3.8, 4) is 0 Å². The van der Waals surface area contributed by atoms with Crippen molar-refractivity contribution in [1.82, 2.24) is 0 Å². The average Bonchev–Trinajstić information content (AvgIpc) is 2.89. The molecule has 2 rings (SSSR count). The molecule has 0 aromatic rings. The van der Waals surface area contributed by atoms with Crippen LogP contribution in [0.5, 0.6) is 0 Å². The van der Waals surface area contributed by atoms with Gasteiger partial charge in [-0.25, -0.2) is 0 Å². The fourth-order valence-electron chi connectivity index (χ4n) is 3.04. The lowest BCUT2D eigenvalue weighted by molar-refractivity contribution is -0.0363. The Bertz CT molecular complexity index is 245. The molecule has 2 aliphatic carbocycles. The first kappa shape index (κ1) is 12.0. The Hall–Kier alpha value is -0.500. The second kappa shape index (κ2) is 4.79. The summed E-state index contributed by atoms with van der Waals surface area (Å²) in [6.45, 7) is 5.84. The van der Waals surface area contributed by atoms with Crippen LogP contribution in [0.3, 0.4) is 0 Å². The van der Waals surface area contributed by atoms with Gasteiger partial charge < -0.3 is 9.84 Å². The van der Waals surface area contributed by atoms with E-state index < -0.39 is 5.60 Å². The lowest BCUT2D eigenvalue weighted by Gasteiger charge is -2.33. The van der Waals surface area contributed by atoms with Crippen LogP contribution in [0.15, 0.2) is 12.3 Å². The van der Waals surface area contributed by atoms with Gasteiger partial charge in [0, 0.05) is 0 Å². The quantitative estimate of drug-likeness (QED) is 0.742. The largest absolute Gasteiger partial charge is 0.492 e. The summed E-state index contributed by atoms with van der Waals surface area (Å²) in [5, 5.41) is 10.5. The van der Waals surface area contributed by atoms with E-state index in [1.54, 1.807) is 0 Å². The van der Waals surface area contributed by atoms with Crippen LogP contribution in [-0.2, 0) is 4.74 Å². The molecule has 2 aliphatic rings. The molecule has 0 spiro atoms. The molecule has 0 aromatic heterocycles. The van der Waals surface area contributed by atoms with E-state index in [1.165, 1.54) is 25.7 Å². The zero-order chi connectivity index (χ0) is 11.6. The van der Waals surface area contributed by atoms with Gasteiger partial charge in [-0.15, -0.1) is 0 Å². The Labute approximate surface area is 98.7 Å². The van der Waals surface area contributed by atoms with Crippen LogP contribution in [0.4, 0.5) is 0 Å². The van der Waals surface area contributed by atoms with Crippen LogP contribution in [0.25, 0.3) is 0 Å². The molecular formula is C14H24O2. The van der Waals surface area contributed by atoms with Gasteiger partial charge in [0.2, 0.25) is 0 Å². The molecular weight excluding hydrogens is 200 g/mol. The van der Waals surface area contributed by atoms with Gasteiger partial charge in [-0.05, 0) is 51.4 Å². The van der Waals surface area contributed by atoms with Gasteiger partial charge in [0.25, 0.3) is 0 Å². The normalized spacial score (nSPS) is 26.9. The highest BCUT2D eigenvalue weighted by Crippen LogP contribution is 2.39. The molecule has 92 valence electrons. The molecule has 2 fully saturated rings. The molecule has 1 unspecified atom stereocenters. The minimum Gasteiger partial charge on any atom is -0.492 e. The van der Waals surface area contributed by atoms with Gasteiger partial charge in [-0.3, -0.25) is 0 Å². The van der Waals surface area contributed by atoms with Gasteiger partial charge in [-0.2, -0.15) is 0 Å². The Kier molecular flexibility index (Phi) is 3.58. The maximum absolute atomic E-state index is 10.5. The standard InChI is InChI=1S/C14H24O2/c1-11(16-13-9-5-6-10-13)14(2,15)12-7-3-4-8-12/h12-13,15H,1,3-10H2,2H3. The third-order valence-electron chi connectivity index (χ3n) is 4.33. The summed E-state index contributed by atoms with van der Waals surface area (Å²) in [6.07, 6.45) is 9.75. The van der Waals surface area contributed by atoms with Gasteiger partial charge in [0.1, 0.15) is 11.4 Å². The first-order chi connectivity index (χ1) is 7.60. The number of rotatable bonds is 4. The molecule has 0 amide bonds. The van der Waals surface area contributed by atoms with Gasteiger partial charge in [-0.1, -0.05) is 19.4 Å². The zero-order valence-electron chi connectivity index (χ0n) is 10.4. The highest BCUT2D eigenvalue weighted by Gasteiger charge is 2.38. The molecule has 0 aromatic carbocycles. The zero-order valence-corrected chi connectivity index (χ0v) is 10.4. The molecule has 0 heterocycles. The van der Waals surface area contributed by atoms with E-state index in [4.69, 9.17) is 4.74 Å². The first-order valence-electron chi connectivity index (χ1n) is 6.69. The summed E-state index contributed by atoms with van der Waals surface area (Å²) in [4.78, 5) is 0. The summed E-state index contributed by atoms with van der Waals surface area (Å²) >= 11 is 0. The SMILES string of the molecule is C=C(OC1CCCC1)C(C)(O)C1CCCC1. The molecule has 1 N–H and O–H groups in total. The lowest BCUT2D eigenvalue weighted by atomic mass is 9.86. The second-order valence-corrected chi connectivity index (χ2v) is 5.58. The van der Waals surface area contributed by atoms with Crippen molar-refractivity contribution in [2.24, 2.45) is 5.92 Å². The van der Waals surface area contributed by atoms with Crippen molar-refractivity contribution in [3.05, 3.63) is 12.3 Å². The number of hydrogen-bond acceptors (Lipinski definition) is 2. The Morgan fingerprint density at radius 1 is 1.12 bits per heavy atom. The first-order valence-corrected chi connectivity index (χ1v) is 6.69. The van der Waals surface area contributed by atoms with Gasteiger partial charge in [0.05, 0.1) is 6.10 Å². The average molecular weight is 224 g/mol. The van der Waals surface area contributed by atoms with E-state index in [9.17, 15) is 5.11 Å². The van der Waals surface area contributed by atoms with Crippen LogP contribution < -0.4 is 0 Å². The molecule has 0 bridgehead atoms. The van der Waals surface area contributed by atoms with E-state index in [-0.39, 0.29) is 0 Å². The topological polar surface area (TPSA) is 29.5 Å². The number of ether oxygens (including phenoxy) is 1. The third kappa shape index (κ3) is 2.42. The molecule has 16 heavy (non-hydrogen) atoms. The smallest absolute Gasteiger partial charge is 0.121 e. The minimum absolute atomic E-state index is 0.306. The summed E-state index contributed by atoms with van der Waals surface area (Å²) < 4.78 is 5.84. The summed E-state index contributed by atoms with van der Waals surface area (Å²) in [7, 11) is 0. The molecule has 0 aliphatic heterocycles. The van der Waals surface area contributed by atoms with Crippen molar-refractivity contribution >= 4 is 0 Å². The predicted molar refractivity (Wildman–Crippen MR) is 65.1 cm³/mol. The summed E-state index contributed by atoms with van der Waals surface area (Å²) in [5.74, 6) is 0.952. The molecule has 2 nitrogen and oxygen atoms in total. The molecule has 0 radical (unpaired) electrons. The van der Waals surface area contributed by atoms with Crippen LogP contribution in [0.1, 0.15) is 58.3 Å². The fraction of sp³-hybridized carbons (Fsp3) is 0.857. The van der Waals surface area contributed by atoms with Crippen LogP contribution in [0.2, 0.25) is 0 Å². The van der Waals surface area contributed by atoms with Gasteiger partial charge >= 0.3 is 0 Å². The lowest BCUT2D eigenvalue weighted by Crippen LogP contribution is -2.37. The summed E-state index contributed by atoms with van der Waals surface area (Å²) in [6, 6.07) is 0. The maximum Gasteiger partial charge on any atom is 0.121 e. The van der Waals surface area contributed by atoms with E-state index in [2.05, 4.69) is 6.58 Å². The number of hydrogen-bond donors (Lipinski definition) is 1. The fourth-order valence-corrected chi connectivity index (χ4v) is 3.04. The van der Waals surface area contributed by atoms with Crippen LogP contribution in [0, 0.1) is 5.92 Å². The van der Waals surface area contributed by atoms with Crippen molar-refractivity contribution in [2.45, 2.75) is 70.0 Å². The number of aliphatic hydroxyl groups is 1. The molecule has 2 heteroatoms. The van der Waals surface area contributed by atoms with Crippen molar-refractivity contribution in [3.63, 3.8) is 0 Å². The molecule has 2 saturated carbocycles. The van der Waals surface area contributed by atoms with Crippen molar-refractivity contribution in [1.29, 1.82) is 0 Å². The maximum atomic E-state index is 10.5.